The first-order chi connectivity index (χ1) is 12.9. The van der Waals surface area contributed by atoms with E-state index in [0.29, 0.717) is 29.2 Å². The Morgan fingerprint density at radius 2 is 1.85 bits per heavy atom. The van der Waals surface area contributed by atoms with Gasteiger partial charge in [-0.15, -0.1) is 0 Å². The summed E-state index contributed by atoms with van der Waals surface area (Å²) < 4.78 is 10.8. The third-order valence-corrected chi connectivity index (χ3v) is 6.60. The number of hydrogen-bond acceptors (Lipinski definition) is 4. The topological polar surface area (TPSA) is 52.6 Å². The third kappa shape index (κ3) is 4.10. The number of carbonyl (C=O) groups excluding carboxylic acids is 2. The first-order valence-electron chi connectivity index (χ1n) is 9.94. The highest BCUT2D eigenvalue weighted by Gasteiger charge is 2.44. The van der Waals surface area contributed by atoms with Gasteiger partial charge in [0.25, 0.3) is 0 Å². The normalized spacial score (nSPS) is 31.3. The van der Waals surface area contributed by atoms with Crippen LogP contribution in [0.25, 0.3) is 0 Å². The maximum Gasteiger partial charge on any atom is 0.338 e. The van der Waals surface area contributed by atoms with Crippen molar-refractivity contribution in [2.45, 2.75) is 46.1 Å². The van der Waals surface area contributed by atoms with Gasteiger partial charge in [-0.3, -0.25) is 4.79 Å². The molecule has 0 radical (unpaired) electrons. The highest BCUT2D eigenvalue weighted by Crippen LogP contribution is 2.48. The van der Waals surface area contributed by atoms with Gasteiger partial charge in [-0.1, -0.05) is 44.5 Å². The molecule has 0 aliphatic heterocycles. The molecular formula is C23H30O4. The molecule has 4 heteroatoms. The lowest BCUT2D eigenvalue weighted by molar-refractivity contribution is -0.148. The van der Waals surface area contributed by atoms with E-state index in [0.717, 1.165) is 24.8 Å². The predicted octanol–water partition coefficient (Wildman–Crippen LogP) is 4.65. The summed E-state index contributed by atoms with van der Waals surface area (Å²) in [7, 11) is 1.46. The third-order valence-electron chi connectivity index (χ3n) is 6.60. The molecule has 27 heavy (non-hydrogen) atoms. The smallest absolute Gasteiger partial charge is 0.338 e. The van der Waals surface area contributed by atoms with Gasteiger partial charge in [0.2, 0.25) is 0 Å². The molecule has 0 unspecified atom stereocenters. The SMILES string of the molecule is COC(=O)[C@H](C)[C@@H]1CC[C@@H](C)[C@@H]2C[C@H](OC(=O)c3ccccc3)C(C)=C[C@H]21. The first kappa shape index (κ1) is 19.7. The Morgan fingerprint density at radius 1 is 1.15 bits per heavy atom. The second-order valence-electron chi connectivity index (χ2n) is 8.18. The van der Waals surface area contributed by atoms with Crippen LogP contribution in [0.2, 0.25) is 0 Å². The Morgan fingerprint density at radius 3 is 2.52 bits per heavy atom. The number of hydrogen-bond donors (Lipinski definition) is 0. The fourth-order valence-corrected chi connectivity index (χ4v) is 4.90. The molecule has 0 amide bonds. The van der Waals surface area contributed by atoms with Crippen LogP contribution in [0.15, 0.2) is 42.0 Å². The summed E-state index contributed by atoms with van der Waals surface area (Å²) in [5.41, 5.74) is 1.68. The zero-order valence-corrected chi connectivity index (χ0v) is 16.7. The molecule has 0 aromatic heterocycles. The number of benzene rings is 1. The molecule has 146 valence electrons. The number of methoxy groups -OCH3 is 1. The van der Waals surface area contributed by atoms with Gasteiger partial charge in [0.1, 0.15) is 6.10 Å². The van der Waals surface area contributed by atoms with Crippen molar-refractivity contribution in [3.05, 3.63) is 47.5 Å². The van der Waals surface area contributed by atoms with Gasteiger partial charge in [0.15, 0.2) is 0 Å². The molecule has 0 spiro atoms. The molecule has 3 rings (SSSR count). The van der Waals surface area contributed by atoms with Gasteiger partial charge < -0.3 is 9.47 Å². The van der Waals surface area contributed by atoms with Crippen molar-refractivity contribution in [3.63, 3.8) is 0 Å². The minimum Gasteiger partial charge on any atom is -0.469 e. The highest BCUT2D eigenvalue weighted by molar-refractivity contribution is 5.89. The van der Waals surface area contributed by atoms with E-state index in [-0.39, 0.29) is 24.0 Å². The molecule has 1 fully saturated rings. The van der Waals surface area contributed by atoms with Gasteiger partial charge >= 0.3 is 11.9 Å². The average molecular weight is 370 g/mol. The van der Waals surface area contributed by atoms with E-state index >= 15 is 0 Å². The molecular weight excluding hydrogens is 340 g/mol. The van der Waals surface area contributed by atoms with Crippen LogP contribution in [0.5, 0.6) is 0 Å². The number of carbonyl (C=O) groups is 2. The molecule has 2 aliphatic carbocycles. The Balaban J connectivity index is 1.78. The van der Waals surface area contributed by atoms with Crippen LogP contribution in [-0.4, -0.2) is 25.2 Å². The van der Waals surface area contributed by atoms with Crippen LogP contribution in [0, 0.1) is 29.6 Å². The van der Waals surface area contributed by atoms with Crippen molar-refractivity contribution in [2.75, 3.05) is 7.11 Å². The Hall–Kier alpha value is -2.10. The summed E-state index contributed by atoms with van der Waals surface area (Å²) in [5, 5.41) is 0. The Labute approximate surface area is 161 Å². The van der Waals surface area contributed by atoms with E-state index in [4.69, 9.17) is 9.47 Å². The molecule has 6 atom stereocenters. The fourth-order valence-electron chi connectivity index (χ4n) is 4.90. The maximum absolute atomic E-state index is 12.5. The first-order valence-corrected chi connectivity index (χ1v) is 9.94. The summed E-state index contributed by atoms with van der Waals surface area (Å²) >= 11 is 0. The number of rotatable bonds is 4. The van der Waals surface area contributed by atoms with Crippen LogP contribution in [-0.2, 0) is 14.3 Å². The molecule has 2 aliphatic rings. The summed E-state index contributed by atoms with van der Waals surface area (Å²) in [4.78, 5) is 24.6. The quantitative estimate of drug-likeness (QED) is 0.572. The molecule has 0 heterocycles. The highest BCUT2D eigenvalue weighted by atomic mass is 16.5. The Kier molecular flexibility index (Phi) is 6.03. The monoisotopic (exact) mass is 370 g/mol. The minimum absolute atomic E-state index is 0.109. The van der Waals surface area contributed by atoms with Crippen molar-refractivity contribution < 1.29 is 19.1 Å². The number of ether oxygens (including phenoxy) is 2. The molecule has 0 bridgehead atoms. The van der Waals surface area contributed by atoms with Crippen molar-refractivity contribution in [1.82, 2.24) is 0 Å². The van der Waals surface area contributed by atoms with Gasteiger partial charge in [-0.05, 0) is 61.1 Å². The van der Waals surface area contributed by atoms with E-state index < -0.39 is 0 Å². The van der Waals surface area contributed by atoms with Crippen LogP contribution >= 0.6 is 0 Å². The van der Waals surface area contributed by atoms with Crippen LogP contribution in [0.4, 0.5) is 0 Å². The minimum atomic E-state index is -0.269. The van der Waals surface area contributed by atoms with Gasteiger partial charge in [0.05, 0.1) is 18.6 Å². The van der Waals surface area contributed by atoms with E-state index in [1.54, 1.807) is 12.1 Å². The zero-order valence-electron chi connectivity index (χ0n) is 16.7. The second-order valence-corrected chi connectivity index (χ2v) is 8.18. The van der Waals surface area contributed by atoms with Crippen LogP contribution < -0.4 is 0 Å². The molecule has 1 aromatic carbocycles. The van der Waals surface area contributed by atoms with Crippen LogP contribution in [0.3, 0.4) is 0 Å². The molecule has 0 saturated heterocycles. The van der Waals surface area contributed by atoms with Crippen molar-refractivity contribution in [2.24, 2.45) is 29.6 Å². The summed E-state index contributed by atoms with van der Waals surface area (Å²) in [6, 6.07) is 9.14. The number of fused-ring (bicyclic) bond motifs is 1. The summed E-state index contributed by atoms with van der Waals surface area (Å²) in [6.45, 7) is 6.30. The molecule has 1 saturated carbocycles. The van der Waals surface area contributed by atoms with Gasteiger partial charge in [-0.2, -0.15) is 0 Å². The largest absolute Gasteiger partial charge is 0.469 e. The lowest BCUT2D eigenvalue weighted by Gasteiger charge is -2.46. The van der Waals surface area contributed by atoms with Gasteiger partial charge in [0, 0.05) is 0 Å². The number of allylic oxidation sites excluding steroid dienone is 1. The Bertz CT molecular complexity index is 708. The number of esters is 2. The second kappa shape index (κ2) is 8.28. The zero-order chi connectivity index (χ0) is 19.6. The lowest BCUT2D eigenvalue weighted by atomic mass is 9.59. The van der Waals surface area contributed by atoms with E-state index in [2.05, 4.69) is 13.0 Å². The van der Waals surface area contributed by atoms with E-state index in [1.807, 2.05) is 32.0 Å². The fraction of sp³-hybridized carbons (Fsp3) is 0.565. The van der Waals surface area contributed by atoms with Crippen LogP contribution in [0.1, 0.15) is 50.4 Å². The molecule has 4 nitrogen and oxygen atoms in total. The predicted molar refractivity (Wildman–Crippen MR) is 104 cm³/mol. The maximum atomic E-state index is 12.5. The molecule has 1 aromatic rings. The summed E-state index contributed by atoms with van der Waals surface area (Å²) in [5.74, 6) is 1.11. The standard InChI is InChI=1S/C23H30O4/c1-14-10-11-18(16(3)22(24)26-4)20-12-15(2)21(13-19(14)20)27-23(25)17-8-6-5-7-9-17/h5-9,12,14,16,18-21H,10-11,13H2,1-4H3/t14-,16-,18+,19+,20+,21+/m1/s1. The average Bonchev–Trinajstić information content (AvgIpc) is 2.68. The van der Waals surface area contributed by atoms with Crippen molar-refractivity contribution in [3.8, 4) is 0 Å². The molecule has 0 N–H and O–H groups in total. The van der Waals surface area contributed by atoms with Crippen molar-refractivity contribution >= 4 is 11.9 Å². The summed E-state index contributed by atoms with van der Waals surface area (Å²) in [6.07, 6.45) is 5.04. The van der Waals surface area contributed by atoms with Gasteiger partial charge in [-0.25, -0.2) is 4.79 Å². The van der Waals surface area contributed by atoms with E-state index in [9.17, 15) is 9.59 Å². The van der Waals surface area contributed by atoms with E-state index in [1.165, 1.54) is 7.11 Å². The van der Waals surface area contributed by atoms with Crippen molar-refractivity contribution in [1.29, 1.82) is 0 Å². The lowest BCUT2D eigenvalue weighted by Crippen LogP contribution is -2.43.